The third kappa shape index (κ3) is 2.40. The molecule has 0 saturated carbocycles. The second kappa shape index (κ2) is 5.49. The molecule has 108 valence electrons. The zero-order chi connectivity index (χ0) is 15.1. The first-order chi connectivity index (χ1) is 10.0. The van der Waals surface area contributed by atoms with Crippen LogP contribution in [0.5, 0.6) is 0 Å². The van der Waals surface area contributed by atoms with Crippen LogP contribution in [0.1, 0.15) is 23.4 Å². The van der Waals surface area contributed by atoms with Crippen molar-refractivity contribution in [3.8, 4) is 11.3 Å². The summed E-state index contributed by atoms with van der Waals surface area (Å²) in [5.41, 5.74) is 3.26. The molecule has 0 aliphatic carbocycles. The van der Waals surface area contributed by atoms with Gasteiger partial charge in [0.2, 0.25) is 5.78 Å². The van der Waals surface area contributed by atoms with Gasteiger partial charge in [-0.2, -0.15) is 12.6 Å². The van der Waals surface area contributed by atoms with E-state index in [9.17, 15) is 4.79 Å². The number of H-pyrrole nitrogens is 1. The Labute approximate surface area is 141 Å². The van der Waals surface area contributed by atoms with Crippen molar-refractivity contribution in [1.82, 2.24) is 14.4 Å². The van der Waals surface area contributed by atoms with Crippen molar-refractivity contribution in [3.63, 3.8) is 0 Å². The molecular weight excluding hydrogens is 397 g/mol. The van der Waals surface area contributed by atoms with Crippen molar-refractivity contribution in [2.45, 2.75) is 19.1 Å². The quantitative estimate of drug-likeness (QED) is 0.500. The molecule has 0 radical (unpaired) electrons. The summed E-state index contributed by atoms with van der Waals surface area (Å²) < 4.78 is 2.44. The number of aromatic nitrogens is 3. The van der Waals surface area contributed by atoms with Gasteiger partial charge in [-0.25, -0.2) is 9.38 Å². The molecule has 3 rings (SSSR count). The summed E-state index contributed by atoms with van der Waals surface area (Å²) in [6.07, 6.45) is 0. The highest BCUT2D eigenvalue weighted by atomic mass is 127. The van der Waals surface area contributed by atoms with Crippen LogP contribution in [0.15, 0.2) is 35.1 Å². The summed E-state index contributed by atoms with van der Waals surface area (Å²) in [7, 11) is 0. The molecule has 0 amide bonds. The molecule has 0 fully saturated rings. The third-order valence-corrected chi connectivity index (χ3v) is 4.71. The van der Waals surface area contributed by atoms with Crippen LogP contribution in [-0.2, 0) is 0 Å². The van der Waals surface area contributed by atoms with Crippen molar-refractivity contribution >= 4 is 41.0 Å². The molecule has 3 aromatic rings. The summed E-state index contributed by atoms with van der Waals surface area (Å²) in [6, 6.07) is 9.86. The van der Waals surface area contributed by atoms with E-state index in [1.807, 2.05) is 44.2 Å². The van der Waals surface area contributed by atoms with Gasteiger partial charge in [0.05, 0.1) is 0 Å². The molecular formula is C15H14IN3OS. The fraction of sp³-hybridized carbons (Fsp3) is 0.200. The van der Waals surface area contributed by atoms with Crippen molar-refractivity contribution in [2.75, 3.05) is 0 Å². The Morgan fingerprint density at radius 1 is 1.33 bits per heavy atom. The normalized spacial score (nSPS) is 12.8. The van der Waals surface area contributed by atoms with Crippen molar-refractivity contribution in [3.05, 3.63) is 55.6 Å². The van der Waals surface area contributed by atoms with Gasteiger partial charge in [-0.05, 0) is 36.4 Å². The van der Waals surface area contributed by atoms with E-state index in [0.29, 0.717) is 11.3 Å². The van der Waals surface area contributed by atoms with Crippen LogP contribution >= 0.6 is 35.2 Å². The predicted molar refractivity (Wildman–Crippen MR) is 96.1 cm³/mol. The Kier molecular flexibility index (Phi) is 3.83. The van der Waals surface area contributed by atoms with Gasteiger partial charge in [0.15, 0.2) is 0 Å². The number of halogens is 1. The molecule has 2 aromatic heterocycles. The van der Waals surface area contributed by atoms with Crippen molar-refractivity contribution < 1.29 is 0 Å². The molecule has 1 aromatic carbocycles. The fourth-order valence-corrected chi connectivity index (χ4v) is 3.50. The lowest BCUT2D eigenvalue weighted by Crippen LogP contribution is -2.20. The average Bonchev–Trinajstić information content (AvgIpc) is 2.80. The monoisotopic (exact) mass is 411 g/mol. The maximum atomic E-state index is 12.6. The van der Waals surface area contributed by atoms with Crippen LogP contribution in [0.2, 0.25) is 0 Å². The Hall–Kier alpha value is -1.28. The summed E-state index contributed by atoms with van der Waals surface area (Å²) >= 11 is 6.59. The van der Waals surface area contributed by atoms with Gasteiger partial charge in [-0.3, -0.25) is 4.79 Å². The molecule has 1 unspecified atom stereocenters. The number of nitrogens with one attached hydrogen (secondary N) is 1. The number of rotatable bonds is 2. The van der Waals surface area contributed by atoms with Gasteiger partial charge < -0.3 is 4.98 Å². The number of imidazole rings is 1. The molecule has 0 aliphatic rings. The molecule has 6 heteroatoms. The minimum Gasteiger partial charge on any atom is -0.327 e. The second-order valence-electron chi connectivity index (χ2n) is 4.92. The first-order valence-electron chi connectivity index (χ1n) is 6.55. The van der Waals surface area contributed by atoms with Crippen molar-refractivity contribution in [2.24, 2.45) is 0 Å². The number of hydrogen-bond acceptors (Lipinski definition) is 3. The summed E-state index contributed by atoms with van der Waals surface area (Å²) in [5, 5.41) is -0.0442. The highest BCUT2D eigenvalue weighted by Crippen LogP contribution is 2.26. The highest BCUT2D eigenvalue weighted by molar-refractivity contribution is 14.1. The standard InChI is InChI=1S/C15H14IN3OS/c1-8-11(9(2)21)17-15-18-12(10-6-4-3-5-7-10)13(16)19(15)14(8)20/h3-7,9,21H,1-2H3,(H,17,18). The minimum atomic E-state index is -0.0442. The molecule has 0 saturated heterocycles. The van der Waals surface area contributed by atoms with Crippen LogP contribution in [0, 0.1) is 10.6 Å². The minimum absolute atomic E-state index is 0.0428. The third-order valence-electron chi connectivity index (χ3n) is 3.46. The van der Waals surface area contributed by atoms with Crippen LogP contribution < -0.4 is 5.56 Å². The van der Waals surface area contributed by atoms with E-state index in [4.69, 9.17) is 0 Å². The van der Waals surface area contributed by atoms with E-state index in [0.717, 1.165) is 20.7 Å². The molecule has 4 nitrogen and oxygen atoms in total. The molecule has 0 aliphatic heterocycles. The Morgan fingerprint density at radius 3 is 2.62 bits per heavy atom. The summed E-state index contributed by atoms with van der Waals surface area (Å²) in [5.74, 6) is 0.560. The lowest BCUT2D eigenvalue weighted by atomic mass is 10.2. The zero-order valence-corrected chi connectivity index (χ0v) is 14.6. The number of thiol groups is 1. The lowest BCUT2D eigenvalue weighted by molar-refractivity contribution is 0.918. The van der Waals surface area contributed by atoms with E-state index >= 15 is 0 Å². The lowest BCUT2D eigenvalue weighted by Gasteiger charge is -2.09. The van der Waals surface area contributed by atoms with Crippen LogP contribution in [-0.4, -0.2) is 14.4 Å². The van der Waals surface area contributed by atoms with Gasteiger partial charge >= 0.3 is 0 Å². The van der Waals surface area contributed by atoms with E-state index in [1.54, 1.807) is 4.40 Å². The molecule has 21 heavy (non-hydrogen) atoms. The van der Waals surface area contributed by atoms with E-state index in [-0.39, 0.29) is 10.8 Å². The molecule has 2 heterocycles. The molecule has 0 spiro atoms. The largest absolute Gasteiger partial charge is 0.327 e. The van der Waals surface area contributed by atoms with Gasteiger partial charge in [0.1, 0.15) is 9.39 Å². The van der Waals surface area contributed by atoms with E-state index in [2.05, 4.69) is 45.2 Å². The number of hydrogen-bond donors (Lipinski definition) is 2. The molecule has 1 atom stereocenters. The summed E-state index contributed by atoms with van der Waals surface area (Å²) in [4.78, 5) is 20.4. The number of nitrogens with zero attached hydrogens (tertiary/aromatic N) is 2. The van der Waals surface area contributed by atoms with E-state index in [1.165, 1.54) is 0 Å². The molecule has 1 N–H and O–H groups in total. The smallest absolute Gasteiger partial charge is 0.263 e. The molecule has 0 bridgehead atoms. The van der Waals surface area contributed by atoms with Gasteiger partial charge in [-0.15, -0.1) is 0 Å². The topological polar surface area (TPSA) is 50.2 Å². The zero-order valence-electron chi connectivity index (χ0n) is 11.6. The van der Waals surface area contributed by atoms with Gasteiger partial charge in [0.25, 0.3) is 5.56 Å². The second-order valence-corrected chi connectivity index (χ2v) is 6.72. The number of fused-ring (bicyclic) bond motifs is 1. The van der Waals surface area contributed by atoms with Gasteiger partial charge in [0, 0.05) is 22.1 Å². The first kappa shape index (κ1) is 14.6. The SMILES string of the molecule is Cc1c(C(C)S)[nH]c2nc(-c3ccccc3)c(I)n2c1=O. The van der Waals surface area contributed by atoms with Crippen LogP contribution in [0.3, 0.4) is 0 Å². The summed E-state index contributed by atoms with van der Waals surface area (Å²) in [6.45, 7) is 3.75. The van der Waals surface area contributed by atoms with E-state index < -0.39 is 0 Å². The fourth-order valence-electron chi connectivity index (χ4n) is 2.36. The Morgan fingerprint density at radius 2 is 2.00 bits per heavy atom. The number of aromatic amines is 1. The Balaban J connectivity index is 2.36. The number of benzene rings is 1. The maximum absolute atomic E-state index is 12.6. The highest BCUT2D eigenvalue weighted by Gasteiger charge is 2.18. The van der Waals surface area contributed by atoms with Gasteiger partial charge in [-0.1, -0.05) is 30.3 Å². The first-order valence-corrected chi connectivity index (χ1v) is 8.14. The maximum Gasteiger partial charge on any atom is 0.263 e. The average molecular weight is 411 g/mol. The Bertz CT molecular complexity index is 868. The van der Waals surface area contributed by atoms with Crippen LogP contribution in [0.25, 0.3) is 17.0 Å². The predicted octanol–water partition coefficient (Wildman–Crippen LogP) is 3.59. The van der Waals surface area contributed by atoms with Crippen LogP contribution in [0.4, 0.5) is 0 Å². The van der Waals surface area contributed by atoms with Crippen molar-refractivity contribution in [1.29, 1.82) is 0 Å².